The Hall–Kier alpha value is -3.00. The third kappa shape index (κ3) is 6.53. The summed E-state index contributed by atoms with van der Waals surface area (Å²) in [4.78, 5) is 2.32. The minimum absolute atomic E-state index is 0.177. The van der Waals surface area contributed by atoms with Crippen molar-refractivity contribution in [3.05, 3.63) is 108 Å². The molecule has 0 aliphatic carbocycles. The standard InChI is InChI=1S/C22H23N.C3H7N.C2H6/c1-16-10-5-7-12-19(16)18(3)21-14-9-15-22(23(21)4)20-13-8-6-11-17(20)2;1-3(2)4;1-2/h5-15,21H,3H2,1-2,4H3;1,4H2,2H3;1-2H3. The van der Waals surface area contributed by atoms with E-state index in [2.05, 4.69) is 106 Å². The van der Waals surface area contributed by atoms with Gasteiger partial charge in [0.2, 0.25) is 0 Å². The van der Waals surface area contributed by atoms with Crippen molar-refractivity contribution in [3.8, 4) is 0 Å². The highest BCUT2D eigenvalue weighted by Crippen LogP contribution is 2.32. The normalized spacial score (nSPS) is 14.6. The molecule has 154 valence electrons. The molecule has 2 nitrogen and oxygen atoms in total. The summed E-state index contributed by atoms with van der Waals surface area (Å²) in [6.45, 7) is 17.8. The lowest BCUT2D eigenvalue weighted by Gasteiger charge is -2.34. The van der Waals surface area contributed by atoms with Crippen LogP contribution in [0.2, 0.25) is 0 Å². The minimum atomic E-state index is 0.177. The van der Waals surface area contributed by atoms with Crippen LogP contribution in [0.3, 0.4) is 0 Å². The minimum Gasteiger partial charge on any atom is -0.403 e. The van der Waals surface area contributed by atoms with Gasteiger partial charge in [0.15, 0.2) is 0 Å². The smallest absolute Gasteiger partial charge is 0.0726 e. The number of benzene rings is 2. The lowest BCUT2D eigenvalue weighted by atomic mass is 9.92. The van der Waals surface area contributed by atoms with Crippen LogP contribution in [0.5, 0.6) is 0 Å². The Morgan fingerprint density at radius 1 is 0.931 bits per heavy atom. The van der Waals surface area contributed by atoms with Gasteiger partial charge >= 0.3 is 0 Å². The molecule has 0 radical (unpaired) electrons. The van der Waals surface area contributed by atoms with E-state index in [1.165, 1.54) is 28.0 Å². The summed E-state index contributed by atoms with van der Waals surface area (Å²) in [7, 11) is 2.15. The zero-order valence-electron chi connectivity index (χ0n) is 18.9. The van der Waals surface area contributed by atoms with E-state index in [1.54, 1.807) is 6.92 Å². The van der Waals surface area contributed by atoms with Crippen molar-refractivity contribution in [2.24, 2.45) is 5.73 Å². The van der Waals surface area contributed by atoms with Gasteiger partial charge in [-0.15, -0.1) is 0 Å². The molecule has 29 heavy (non-hydrogen) atoms. The third-order valence-corrected chi connectivity index (χ3v) is 4.61. The van der Waals surface area contributed by atoms with Gasteiger partial charge in [-0.2, -0.15) is 0 Å². The predicted molar refractivity (Wildman–Crippen MR) is 130 cm³/mol. The first kappa shape index (κ1) is 24.0. The second-order valence-corrected chi connectivity index (χ2v) is 6.99. The van der Waals surface area contributed by atoms with E-state index in [0.29, 0.717) is 5.70 Å². The Bertz CT molecular complexity index is 883. The molecular formula is C27H36N2. The Morgan fingerprint density at radius 3 is 2.00 bits per heavy atom. The van der Waals surface area contributed by atoms with Crippen molar-refractivity contribution in [2.45, 2.75) is 40.7 Å². The quantitative estimate of drug-likeness (QED) is 0.631. The summed E-state index contributed by atoms with van der Waals surface area (Å²) in [5.41, 5.74) is 13.0. The Balaban J connectivity index is 0.000000627. The van der Waals surface area contributed by atoms with Gasteiger partial charge in [0.1, 0.15) is 0 Å². The molecule has 1 aliphatic heterocycles. The fourth-order valence-corrected chi connectivity index (χ4v) is 3.23. The first-order valence-corrected chi connectivity index (χ1v) is 10.2. The highest BCUT2D eigenvalue weighted by atomic mass is 15.1. The number of aryl methyl sites for hydroxylation is 2. The summed E-state index contributed by atoms with van der Waals surface area (Å²) in [6.07, 6.45) is 6.55. The van der Waals surface area contributed by atoms with E-state index in [9.17, 15) is 0 Å². The molecule has 0 bridgehead atoms. The van der Waals surface area contributed by atoms with E-state index in [0.717, 1.165) is 5.57 Å². The number of rotatable bonds is 3. The fourth-order valence-electron chi connectivity index (χ4n) is 3.23. The lowest BCUT2D eigenvalue weighted by Crippen LogP contribution is -2.31. The molecule has 2 heteroatoms. The maximum atomic E-state index is 4.92. The molecule has 0 fully saturated rings. The van der Waals surface area contributed by atoms with E-state index in [4.69, 9.17) is 5.73 Å². The van der Waals surface area contributed by atoms with Gasteiger partial charge in [-0.1, -0.05) is 87.7 Å². The van der Waals surface area contributed by atoms with E-state index in [-0.39, 0.29) is 6.04 Å². The van der Waals surface area contributed by atoms with Gasteiger partial charge in [0, 0.05) is 18.3 Å². The van der Waals surface area contributed by atoms with Crippen LogP contribution in [-0.2, 0) is 0 Å². The molecule has 2 N–H and O–H groups in total. The van der Waals surface area contributed by atoms with Gasteiger partial charge in [-0.25, -0.2) is 0 Å². The maximum Gasteiger partial charge on any atom is 0.0726 e. The molecule has 0 saturated carbocycles. The molecule has 2 aromatic carbocycles. The highest BCUT2D eigenvalue weighted by molar-refractivity contribution is 5.77. The molecule has 0 spiro atoms. The average Bonchev–Trinajstić information content (AvgIpc) is 2.70. The zero-order valence-corrected chi connectivity index (χ0v) is 18.9. The molecular weight excluding hydrogens is 352 g/mol. The van der Waals surface area contributed by atoms with Crippen LogP contribution in [0.25, 0.3) is 11.3 Å². The molecule has 0 saturated heterocycles. The highest BCUT2D eigenvalue weighted by Gasteiger charge is 2.23. The average molecular weight is 389 g/mol. The largest absolute Gasteiger partial charge is 0.403 e. The Labute approximate surface area is 177 Å². The number of hydrogen-bond acceptors (Lipinski definition) is 2. The summed E-state index contributed by atoms with van der Waals surface area (Å²) in [6, 6.07) is 17.2. The molecule has 2 aromatic rings. The first-order chi connectivity index (χ1) is 13.8. The van der Waals surface area contributed by atoms with Gasteiger partial charge in [0.05, 0.1) is 6.04 Å². The van der Waals surface area contributed by atoms with Gasteiger partial charge in [-0.05, 0) is 54.8 Å². The van der Waals surface area contributed by atoms with E-state index in [1.807, 2.05) is 13.8 Å². The molecule has 1 aliphatic rings. The SMILES string of the molecule is C=C(C)N.C=C(c1ccccc1C)C1C=CC=C(c2ccccc2C)N1C.CC. The Kier molecular flexibility index (Phi) is 9.74. The van der Waals surface area contributed by atoms with E-state index >= 15 is 0 Å². The first-order valence-electron chi connectivity index (χ1n) is 10.2. The number of likely N-dealkylation sites (N-methyl/N-ethyl adjacent to an activating group) is 1. The fraction of sp³-hybridized carbons (Fsp3) is 0.259. The van der Waals surface area contributed by atoms with Crippen molar-refractivity contribution in [1.82, 2.24) is 4.90 Å². The van der Waals surface area contributed by atoms with Crippen LogP contribution in [0.1, 0.15) is 43.0 Å². The van der Waals surface area contributed by atoms with Gasteiger partial charge < -0.3 is 10.6 Å². The van der Waals surface area contributed by atoms with Crippen LogP contribution in [0.15, 0.2) is 85.6 Å². The maximum absolute atomic E-state index is 4.92. The topological polar surface area (TPSA) is 29.3 Å². The molecule has 3 rings (SSSR count). The van der Waals surface area contributed by atoms with Gasteiger partial charge in [-0.3, -0.25) is 0 Å². The predicted octanol–water partition coefficient (Wildman–Crippen LogP) is 6.73. The number of allylic oxidation sites excluding steroid dienone is 3. The Morgan fingerprint density at radius 2 is 1.45 bits per heavy atom. The van der Waals surface area contributed by atoms with Crippen LogP contribution in [-0.4, -0.2) is 18.0 Å². The summed E-state index contributed by atoms with van der Waals surface area (Å²) >= 11 is 0. The molecule has 1 unspecified atom stereocenters. The van der Waals surface area contributed by atoms with Crippen LogP contribution >= 0.6 is 0 Å². The second kappa shape index (κ2) is 11.8. The lowest BCUT2D eigenvalue weighted by molar-refractivity contribution is 0.467. The zero-order chi connectivity index (χ0) is 22.0. The van der Waals surface area contributed by atoms with Crippen molar-refractivity contribution in [1.29, 1.82) is 0 Å². The number of nitrogens with zero attached hydrogens (tertiary/aromatic N) is 1. The van der Waals surface area contributed by atoms with E-state index < -0.39 is 0 Å². The molecule has 0 aromatic heterocycles. The third-order valence-electron chi connectivity index (χ3n) is 4.61. The van der Waals surface area contributed by atoms with Crippen molar-refractivity contribution in [2.75, 3.05) is 7.05 Å². The van der Waals surface area contributed by atoms with Crippen LogP contribution < -0.4 is 5.73 Å². The summed E-state index contributed by atoms with van der Waals surface area (Å²) in [5, 5.41) is 0. The van der Waals surface area contributed by atoms with Crippen molar-refractivity contribution < 1.29 is 0 Å². The molecule has 1 heterocycles. The summed E-state index contributed by atoms with van der Waals surface area (Å²) in [5.74, 6) is 0. The molecule has 0 amide bonds. The second-order valence-electron chi connectivity index (χ2n) is 6.99. The van der Waals surface area contributed by atoms with Crippen molar-refractivity contribution in [3.63, 3.8) is 0 Å². The monoisotopic (exact) mass is 388 g/mol. The summed E-state index contributed by atoms with van der Waals surface area (Å²) < 4.78 is 0. The van der Waals surface area contributed by atoms with Crippen LogP contribution in [0.4, 0.5) is 0 Å². The number of nitrogens with two attached hydrogens (primary N) is 1. The number of hydrogen-bond donors (Lipinski definition) is 1. The molecule has 1 atom stereocenters. The van der Waals surface area contributed by atoms with Crippen molar-refractivity contribution >= 4 is 11.3 Å². The van der Waals surface area contributed by atoms with Crippen LogP contribution in [0, 0.1) is 13.8 Å². The van der Waals surface area contributed by atoms with Gasteiger partial charge in [0.25, 0.3) is 0 Å².